The summed E-state index contributed by atoms with van der Waals surface area (Å²) in [4.78, 5) is 11.3. The number of alkyl halides is 1. The van der Waals surface area contributed by atoms with Crippen molar-refractivity contribution in [3.05, 3.63) is 30.4 Å². The fraction of sp³-hybridized carbons (Fsp3) is 0.357. The number of ketones is 1. The Morgan fingerprint density at radius 3 is 3.11 bits per heavy atom. The number of rotatable bonds is 5. The van der Waals surface area contributed by atoms with Gasteiger partial charge in [-0.2, -0.15) is 0 Å². The molecule has 1 heterocycles. The molecule has 2 rings (SSSR count). The van der Waals surface area contributed by atoms with E-state index in [4.69, 9.17) is 14.2 Å². The van der Waals surface area contributed by atoms with E-state index < -0.39 is 6.10 Å². The lowest BCUT2D eigenvalue weighted by atomic mass is 10.2. The third-order valence-corrected chi connectivity index (χ3v) is 3.01. The van der Waals surface area contributed by atoms with E-state index in [1.165, 1.54) is 6.92 Å². The maximum absolute atomic E-state index is 11.3. The van der Waals surface area contributed by atoms with Gasteiger partial charge in [0.2, 0.25) is 5.75 Å². The number of fused-ring (bicyclic) bond motifs is 1. The summed E-state index contributed by atoms with van der Waals surface area (Å²) in [6.45, 7) is 2.17. The van der Waals surface area contributed by atoms with Crippen molar-refractivity contribution in [1.82, 2.24) is 0 Å². The van der Waals surface area contributed by atoms with Crippen LogP contribution >= 0.6 is 15.9 Å². The van der Waals surface area contributed by atoms with Crippen LogP contribution < -0.4 is 14.2 Å². The van der Waals surface area contributed by atoms with E-state index in [0.717, 1.165) is 5.33 Å². The van der Waals surface area contributed by atoms with Gasteiger partial charge in [-0.1, -0.05) is 34.1 Å². The number of halogens is 1. The second-order valence-electron chi connectivity index (χ2n) is 4.05. The smallest absolute Gasteiger partial charge is 0.203 e. The summed E-state index contributed by atoms with van der Waals surface area (Å²) in [6.07, 6.45) is 3.34. The van der Waals surface area contributed by atoms with Crippen molar-refractivity contribution in [3.63, 3.8) is 0 Å². The third kappa shape index (κ3) is 3.50. The number of benzene rings is 1. The van der Waals surface area contributed by atoms with E-state index in [0.29, 0.717) is 23.9 Å². The van der Waals surface area contributed by atoms with E-state index in [1.807, 2.05) is 24.3 Å². The molecule has 5 heteroatoms. The molecule has 1 atom stereocenters. The number of carbonyl (C=O) groups excluding carboxylic acids is 1. The Balaban J connectivity index is 2.09. The second kappa shape index (κ2) is 6.61. The maximum atomic E-state index is 11.3. The Morgan fingerprint density at radius 2 is 2.37 bits per heavy atom. The highest BCUT2D eigenvalue weighted by Gasteiger charge is 2.26. The minimum atomic E-state index is -0.531. The number of hydrogen-bond donors (Lipinski definition) is 0. The summed E-state index contributed by atoms with van der Waals surface area (Å²) in [5.41, 5.74) is 0. The minimum Gasteiger partial charge on any atom is -0.485 e. The molecule has 19 heavy (non-hydrogen) atoms. The second-order valence-corrected chi connectivity index (χ2v) is 4.70. The number of ether oxygens (including phenoxy) is 3. The molecule has 0 spiro atoms. The molecule has 0 saturated heterocycles. The zero-order valence-corrected chi connectivity index (χ0v) is 12.2. The van der Waals surface area contributed by atoms with Crippen LogP contribution in [0.25, 0.3) is 0 Å². The number of para-hydroxylation sites is 1. The molecule has 0 aromatic heterocycles. The molecule has 0 fully saturated rings. The number of hydrogen-bond acceptors (Lipinski definition) is 4. The minimum absolute atomic E-state index is 0.0442. The van der Waals surface area contributed by atoms with Gasteiger partial charge in [-0.15, -0.1) is 0 Å². The first-order chi connectivity index (χ1) is 9.22. The van der Waals surface area contributed by atoms with Gasteiger partial charge < -0.3 is 14.2 Å². The highest BCUT2D eigenvalue weighted by Crippen LogP contribution is 2.40. The zero-order valence-electron chi connectivity index (χ0n) is 10.6. The van der Waals surface area contributed by atoms with Gasteiger partial charge >= 0.3 is 0 Å². The first-order valence-electron chi connectivity index (χ1n) is 5.99. The predicted octanol–water partition coefficient (Wildman–Crippen LogP) is 2.75. The van der Waals surface area contributed by atoms with Crippen LogP contribution in [0.3, 0.4) is 0 Å². The SMILES string of the molecule is CC(=O)C1COc2c(OC/C=C/CBr)cccc2O1. The van der Waals surface area contributed by atoms with E-state index >= 15 is 0 Å². The van der Waals surface area contributed by atoms with Gasteiger partial charge in [0.15, 0.2) is 23.4 Å². The van der Waals surface area contributed by atoms with E-state index in [2.05, 4.69) is 15.9 Å². The largest absolute Gasteiger partial charge is 0.485 e. The lowest BCUT2D eigenvalue weighted by molar-refractivity contribution is -0.125. The van der Waals surface area contributed by atoms with Gasteiger partial charge in [0, 0.05) is 5.33 Å². The Kier molecular flexibility index (Phi) is 4.85. The number of carbonyl (C=O) groups is 1. The highest BCUT2D eigenvalue weighted by atomic mass is 79.9. The van der Waals surface area contributed by atoms with E-state index in [1.54, 1.807) is 6.07 Å². The van der Waals surface area contributed by atoms with Crippen LogP contribution in [0.15, 0.2) is 30.4 Å². The monoisotopic (exact) mass is 326 g/mol. The van der Waals surface area contributed by atoms with Crippen LogP contribution in [0, 0.1) is 0 Å². The summed E-state index contributed by atoms with van der Waals surface area (Å²) < 4.78 is 16.8. The van der Waals surface area contributed by atoms with Crippen LogP contribution in [0.1, 0.15) is 6.92 Å². The predicted molar refractivity (Wildman–Crippen MR) is 75.5 cm³/mol. The Hall–Kier alpha value is -1.49. The number of Topliss-reactive ketones (excluding diaryl/α,β-unsaturated/α-hetero) is 1. The summed E-state index contributed by atoms with van der Waals surface area (Å²) >= 11 is 3.30. The van der Waals surface area contributed by atoms with Gasteiger partial charge in [-0.3, -0.25) is 4.79 Å². The molecule has 1 aliphatic heterocycles. The van der Waals surface area contributed by atoms with Gasteiger partial charge in [-0.25, -0.2) is 0 Å². The van der Waals surface area contributed by atoms with Crippen LogP contribution in [0.5, 0.6) is 17.2 Å². The van der Waals surface area contributed by atoms with Crippen molar-refractivity contribution < 1.29 is 19.0 Å². The molecule has 0 radical (unpaired) electrons. The standard InChI is InChI=1S/C14H15BrO4/c1-10(16)13-9-18-14-11(17-8-3-2-7-15)5-4-6-12(14)19-13/h2-6,13H,7-9H2,1H3/b3-2+. The number of allylic oxidation sites excluding steroid dienone is 1. The first kappa shape index (κ1) is 13.9. The molecule has 0 bridgehead atoms. The zero-order chi connectivity index (χ0) is 13.7. The third-order valence-electron chi connectivity index (χ3n) is 2.64. The van der Waals surface area contributed by atoms with Crippen molar-refractivity contribution >= 4 is 21.7 Å². The maximum Gasteiger partial charge on any atom is 0.203 e. The normalized spacial score (nSPS) is 17.5. The average Bonchev–Trinajstić information content (AvgIpc) is 2.43. The van der Waals surface area contributed by atoms with Gasteiger partial charge in [0.25, 0.3) is 0 Å². The van der Waals surface area contributed by atoms with Crippen LogP contribution in [0.2, 0.25) is 0 Å². The van der Waals surface area contributed by atoms with Crippen LogP contribution in [-0.4, -0.2) is 30.4 Å². The van der Waals surface area contributed by atoms with Crippen molar-refractivity contribution in [2.24, 2.45) is 0 Å². The Labute approximate surface area is 120 Å². The molecular formula is C14H15BrO4. The molecule has 1 aromatic rings. The van der Waals surface area contributed by atoms with Crippen molar-refractivity contribution in [2.75, 3.05) is 18.5 Å². The topological polar surface area (TPSA) is 44.8 Å². The van der Waals surface area contributed by atoms with Gasteiger partial charge in [0.1, 0.15) is 13.2 Å². The lowest BCUT2D eigenvalue weighted by Gasteiger charge is -2.26. The summed E-state index contributed by atoms with van der Waals surface area (Å²) in [6, 6.07) is 5.40. The van der Waals surface area contributed by atoms with Gasteiger partial charge in [-0.05, 0) is 19.1 Å². The molecule has 102 valence electrons. The van der Waals surface area contributed by atoms with Crippen LogP contribution in [0.4, 0.5) is 0 Å². The highest BCUT2D eigenvalue weighted by molar-refractivity contribution is 9.09. The summed E-state index contributed by atoms with van der Waals surface area (Å²) in [5.74, 6) is 1.69. The van der Waals surface area contributed by atoms with Gasteiger partial charge in [0.05, 0.1) is 0 Å². The molecule has 0 aliphatic carbocycles. The average molecular weight is 327 g/mol. The van der Waals surface area contributed by atoms with E-state index in [9.17, 15) is 4.79 Å². The fourth-order valence-electron chi connectivity index (χ4n) is 1.66. The molecular weight excluding hydrogens is 312 g/mol. The Bertz CT molecular complexity index is 484. The Morgan fingerprint density at radius 1 is 1.53 bits per heavy atom. The first-order valence-corrected chi connectivity index (χ1v) is 7.11. The molecule has 0 saturated carbocycles. The molecule has 1 aliphatic rings. The molecule has 1 aromatic carbocycles. The van der Waals surface area contributed by atoms with Crippen LogP contribution in [-0.2, 0) is 4.79 Å². The van der Waals surface area contributed by atoms with Crippen molar-refractivity contribution in [1.29, 1.82) is 0 Å². The fourth-order valence-corrected chi connectivity index (χ4v) is 1.92. The van der Waals surface area contributed by atoms with Crippen molar-refractivity contribution in [3.8, 4) is 17.2 Å². The van der Waals surface area contributed by atoms with Crippen molar-refractivity contribution in [2.45, 2.75) is 13.0 Å². The summed E-state index contributed by atoms with van der Waals surface area (Å²) in [7, 11) is 0. The molecule has 4 nitrogen and oxygen atoms in total. The molecule has 0 amide bonds. The quantitative estimate of drug-likeness (QED) is 0.616. The lowest BCUT2D eigenvalue weighted by Crippen LogP contribution is -2.35. The van der Waals surface area contributed by atoms with E-state index in [-0.39, 0.29) is 12.4 Å². The summed E-state index contributed by atoms with van der Waals surface area (Å²) in [5, 5.41) is 0.795. The molecule has 0 N–H and O–H groups in total. The molecule has 1 unspecified atom stereocenters.